The zero-order chi connectivity index (χ0) is 14.8. The van der Waals surface area contributed by atoms with E-state index >= 15 is 0 Å². The third-order valence-electron chi connectivity index (χ3n) is 4.03. The summed E-state index contributed by atoms with van der Waals surface area (Å²) in [4.78, 5) is 4.63. The molecule has 0 unspecified atom stereocenters. The van der Waals surface area contributed by atoms with Crippen LogP contribution in [0, 0.1) is 0 Å². The minimum absolute atomic E-state index is 0.470. The third-order valence-corrected chi connectivity index (χ3v) is 6.08. The molecule has 2 aromatic heterocycles. The van der Waals surface area contributed by atoms with Gasteiger partial charge in [-0.25, -0.2) is 4.98 Å². The van der Waals surface area contributed by atoms with Crippen LogP contribution < -0.4 is 0 Å². The van der Waals surface area contributed by atoms with Gasteiger partial charge in [0, 0.05) is 5.92 Å². The van der Waals surface area contributed by atoms with E-state index in [1.807, 2.05) is 18.2 Å². The lowest BCUT2D eigenvalue weighted by atomic mass is 9.89. The number of fused-ring (bicyclic) bond motifs is 1. The first-order chi connectivity index (χ1) is 10.9. The van der Waals surface area contributed by atoms with Gasteiger partial charge in [0.15, 0.2) is 0 Å². The summed E-state index contributed by atoms with van der Waals surface area (Å²) in [5.41, 5.74) is 1.07. The number of aromatic nitrogens is 3. The molecule has 6 heteroatoms. The largest absolute Gasteiger partial charge is 0.416 e. The summed E-state index contributed by atoms with van der Waals surface area (Å²) in [6.07, 6.45) is 6.26. The van der Waals surface area contributed by atoms with Gasteiger partial charge in [-0.05, 0) is 25.0 Å². The van der Waals surface area contributed by atoms with Crippen molar-refractivity contribution in [2.45, 2.75) is 49.0 Å². The van der Waals surface area contributed by atoms with Gasteiger partial charge in [0.2, 0.25) is 5.89 Å². The molecular formula is C16H17N3OS2. The smallest absolute Gasteiger partial charge is 0.276 e. The average molecular weight is 331 g/mol. The highest BCUT2D eigenvalue weighted by Gasteiger charge is 2.21. The van der Waals surface area contributed by atoms with Crippen molar-refractivity contribution in [1.29, 1.82) is 0 Å². The predicted octanol–water partition coefficient (Wildman–Crippen LogP) is 5.02. The molecule has 0 aliphatic heterocycles. The van der Waals surface area contributed by atoms with E-state index < -0.39 is 0 Å². The first-order valence-corrected chi connectivity index (χ1v) is 9.49. The Bertz CT molecular complexity index is 728. The van der Waals surface area contributed by atoms with E-state index in [1.165, 1.54) is 36.8 Å². The molecule has 0 atom stereocenters. The third kappa shape index (κ3) is 3.03. The van der Waals surface area contributed by atoms with Gasteiger partial charge in [-0.1, -0.05) is 43.2 Å². The lowest BCUT2D eigenvalue weighted by molar-refractivity contribution is 0.334. The second-order valence-electron chi connectivity index (χ2n) is 5.61. The van der Waals surface area contributed by atoms with Crippen molar-refractivity contribution in [3.05, 3.63) is 35.2 Å². The van der Waals surface area contributed by atoms with E-state index in [2.05, 4.69) is 21.2 Å². The molecule has 4 rings (SSSR count). The van der Waals surface area contributed by atoms with Gasteiger partial charge < -0.3 is 4.42 Å². The monoisotopic (exact) mass is 331 g/mol. The maximum absolute atomic E-state index is 5.84. The lowest BCUT2D eigenvalue weighted by Gasteiger charge is -2.17. The van der Waals surface area contributed by atoms with Crippen molar-refractivity contribution in [1.82, 2.24) is 15.2 Å². The van der Waals surface area contributed by atoms with Gasteiger partial charge in [-0.15, -0.1) is 21.5 Å². The van der Waals surface area contributed by atoms with Crippen LogP contribution in [-0.2, 0) is 5.75 Å². The summed E-state index contributed by atoms with van der Waals surface area (Å²) in [7, 11) is 0. The van der Waals surface area contributed by atoms with Crippen LogP contribution in [0.2, 0.25) is 0 Å². The van der Waals surface area contributed by atoms with Crippen LogP contribution in [0.4, 0.5) is 0 Å². The van der Waals surface area contributed by atoms with Crippen LogP contribution in [0.5, 0.6) is 0 Å². The van der Waals surface area contributed by atoms with Gasteiger partial charge in [-0.2, -0.15) is 0 Å². The molecule has 22 heavy (non-hydrogen) atoms. The Labute approximate surface area is 137 Å². The summed E-state index contributed by atoms with van der Waals surface area (Å²) in [6, 6.07) is 8.22. The Morgan fingerprint density at radius 1 is 1.14 bits per heavy atom. The number of benzene rings is 1. The van der Waals surface area contributed by atoms with E-state index in [-0.39, 0.29) is 0 Å². The number of thioether (sulfide) groups is 1. The van der Waals surface area contributed by atoms with Gasteiger partial charge in [0.05, 0.1) is 16.0 Å². The summed E-state index contributed by atoms with van der Waals surface area (Å²) in [5, 5.41) is 10.2. The zero-order valence-electron chi connectivity index (χ0n) is 12.2. The number of para-hydroxylation sites is 1. The molecule has 4 nitrogen and oxygen atoms in total. The number of thiazole rings is 1. The van der Waals surface area contributed by atoms with Crippen molar-refractivity contribution in [3.8, 4) is 0 Å². The summed E-state index contributed by atoms with van der Waals surface area (Å²) >= 11 is 3.31. The van der Waals surface area contributed by atoms with Crippen LogP contribution in [0.1, 0.15) is 48.9 Å². The topological polar surface area (TPSA) is 51.8 Å². The minimum atomic E-state index is 0.470. The summed E-state index contributed by atoms with van der Waals surface area (Å²) < 4.78 is 7.06. The molecule has 0 radical (unpaired) electrons. The number of nitrogens with zero attached hydrogens (tertiary/aromatic N) is 3. The second kappa shape index (κ2) is 6.38. The summed E-state index contributed by atoms with van der Waals surface area (Å²) in [5.74, 6) is 2.08. The molecule has 1 fully saturated rings. The summed E-state index contributed by atoms with van der Waals surface area (Å²) in [6.45, 7) is 0. The SMILES string of the molecule is c1ccc2sc(CSc3nnc(C4CCCCC4)o3)nc2c1. The molecular weight excluding hydrogens is 314 g/mol. The molecule has 114 valence electrons. The molecule has 0 spiro atoms. The Kier molecular flexibility index (Phi) is 4.12. The van der Waals surface area contributed by atoms with Crippen molar-refractivity contribution in [2.24, 2.45) is 0 Å². The van der Waals surface area contributed by atoms with Crippen LogP contribution in [-0.4, -0.2) is 15.2 Å². The van der Waals surface area contributed by atoms with Crippen molar-refractivity contribution >= 4 is 33.3 Å². The fourth-order valence-corrected chi connectivity index (χ4v) is 4.63. The Hall–Kier alpha value is -1.40. The molecule has 0 saturated heterocycles. The highest BCUT2D eigenvalue weighted by molar-refractivity contribution is 7.98. The normalized spacial score (nSPS) is 16.4. The van der Waals surface area contributed by atoms with Crippen LogP contribution in [0.15, 0.2) is 33.9 Å². The van der Waals surface area contributed by atoms with Crippen molar-refractivity contribution < 1.29 is 4.42 Å². The second-order valence-corrected chi connectivity index (χ2v) is 7.65. The first kappa shape index (κ1) is 14.2. The maximum Gasteiger partial charge on any atom is 0.276 e. The molecule has 0 bridgehead atoms. The van der Waals surface area contributed by atoms with Gasteiger partial charge in [-0.3, -0.25) is 0 Å². The molecule has 1 aliphatic carbocycles. The van der Waals surface area contributed by atoms with E-state index in [0.29, 0.717) is 11.1 Å². The average Bonchev–Trinajstić information content (AvgIpc) is 3.20. The van der Waals surface area contributed by atoms with E-state index in [4.69, 9.17) is 4.42 Å². The Morgan fingerprint density at radius 3 is 2.86 bits per heavy atom. The number of hydrogen-bond acceptors (Lipinski definition) is 6. The molecule has 3 aromatic rings. The highest BCUT2D eigenvalue weighted by atomic mass is 32.2. The van der Waals surface area contributed by atoms with E-state index in [1.54, 1.807) is 23.1 Å². The van der Waals surface area contributed by atoms with Gasteiger partial charge in [0.1, 0.15) is 5.01 Å². The van der Waals surface area contributed by atoms with Crippen LogP contribution in [0.25, 0.3) is 10.2 Å². The van der Waals surface area contributed by atoms with Crippen LogP contribution >= 0.6 is 23.1 Å². The predicted molar refractivity (Wildman–Crippen MR) is 89.3 cm³/mol. The van der Waals surface area contributed by atoms with E-state index in [0.717, 1.165) is 22.2 Å². The molecule has 1 aromatic carbocycles. The molecule has 0 N–H and O–H groups in total. The fraction of sp³-hybridized carbons (Fsp3) is 0.438. The lowest BCUT2D eigenvalue weighted by Crippen LogP contribution is -2.04. The van der Waals surface area contributed by atoms with Crippen molar-refractivity contribution in [2.75, 3.05) is 0 Å². The van der Waals surface area contributed by atoms with Crippen molar-refractivity contribution in [3.63, 3.8) is 0 Å². The molecule has 2 heterocycles. The van der Waals surface area contributed by atoms with Crippen LogP contribution in [0.3, 0.4) is 0 Å². The van der Waals surface area contributed by atoms with Gasteiger partial charge >= 0.3 is 0 Å². The molecule has 0 amide bonds. The zero-order valence-corrected chi connectivity index (χ0v) is 13.8. The minimum Gasteiger partial charge on any atom is -0.416 e. The first-order valence-electron chi connectivity index (χ1n) is 7.69. The highest BCUT2D eigenvalue weighted by Crippen LogP contribution is 2.34. The maximum atomic E-state index is 5.84. The fourth-order valence-electron chi connectivity index (χ4n) is 2.90. The van der Waals surface area contributed by atoms with Gasteiger partial charge in [0.25, 0.3) is 5.22 Å². The quantitative estimate of drug-likeness (QED) is 0.628. The Balaban J connectivity index is 1.42. The molecule has 1 aliphatic rings. The number of rotatable bonds is 4. The standard InChI is InChI=1S/C16H17N3OS2/c1-2-6-11(7-3-1)15-18-19-16(20-15)21-10-14-17-12-8-4-5-9-13(12)22-14/h4-5,8-9,11H,1-3,6-7,10H2. The number of hydrogen-bond donors (Lipinski definition) is 0. The van der Waals surface area contributed by atoms with E-state index in [9.17, 15) is 0 Å². The Morgan fingerprint density at radius 2 is 2.00 bits per heavy atom. The molecule has 1 saturated carbocycles.